The second-order valence-corrected chi connectivity index (χ2v) is 4.53. The molecular weight excluding hydrogens is 210 g/mol. The minimum Gasteiger partial charge on any atom is -0.465 e. The van der Waals surface area contributed by atoms with E-state index in [0.717, 1.165) is 0 Å². The Kier molecular flexibility index (Phi) is 3.29. The van der Waals surface area contributed by atoms with E-state index in [1.807, 2.05) is 0 Å². The van der Waals surface area contributed by atoms with Gasteiger partial charge in [0.1, 0.15) is 0 Å². The number of amides is 1. The van der Waals surface area contributed by atoms with Crippen LogP contribution in [0.3, 0.4) is 0 Å². The average Bonchev–Trinajstić information content (AvgIpc) is 2.02. The number of nitrogens with two attached hydrogens (primary N) is 1. The molecule has 8 heteroatoms. The molecule has 1 saturated heterocycles. The molecule has 0 aromatic carbocycles. The van der Waals surface area contributed by atoms with Crippen LogP contribution in [0.25, 0.3) is 0 Å². The predicted molar refractivity (Wildman–Crippen MR) is 48.9 cm³/mol. The molecule has 0 aromatic rings. The maximum Gasteiger partial charge on any atom is 0.407 e. The Morgan fingerprint density at radius 2 is 1.93 bits per heavy atom. The van der Waals surface area contributed by atoms with Crippen molar-refractivity contribution in [3.63, 3.8) is 0 Å². The summed E-state index contributed by atoms with van der Waals surface area (Å²) in [4.78, 5) is 11.8. The minimum absolute atomic E-state index is 0.249. The number of carboxylic acid groups (broad SMARTS) is 1. The van der Waals surface area contributed by atoms with Gasteiger partial charge in [-0.15, -0.1) is 0 Å². The monoisotopic (exact) mass is 223 g/mol. The van der Waals surface area contributed by atoms with Crippen molar-refractivity contribution in [2.45, 2.75) is 18.9 Å². The van der Waals surface area contributed by atoms with Crippen LogP contribution in [0.5, 0.6) is 0 Å². The summed E-state index contributed by atoms with van der Waals surface area (Å²) in [5.41, 5.74) is 0. The Morgan fingerprint density at radius 3 is 2.29 bits per heavy atom. The van der Waals surface area contributed by atoms with Gasteiger partial charge in [0, 0.05) is 19.1 Å². The highest BCUT2D eigenvalue weighted by atomic mass is 32.2. The smallest absolute Gasteiger partial charge is 0.407 e. The highest BCUT2D eigenvalue weighted by molar-refractivity contribution is 7.87. The molecule has 0 bridgehead atoms. The van der Waals surface area contributed by atoms with E-state index in [1.165, 1.54) is 4.90 Å². The number of rotatable bonds is 2. The van der Waals surface area contributed by atoms with Gasteiger partial charge in [-0.1, -0.05) is 0 Å². The molecule has 7 nitrogen and oxygen atoms in total. The first kappa shape index (κ1) is 11.2. The molecule has 0 aromatic heterocycles. The summed E-state index contributed by atoms with van der Waals surface area (Å²) in [6.45, 7) is 0.672. The third-order valence-electron chi connectivity index (χ3n) is 2.10. The van der Waals surface area contributed by atoms with Gasteiger partial charge in [-0.3, -0.25) is 0 Å². The van der Waals surface area contributed by atoms with Gasteiger partial charge in [-0.25, -0.2) is 9.93 Å². The van der Waals surface area contributed by atoms with Crippen molar-refractivity contribution in [2.24, 2.45) is 5.14 Å². The molecule has 0 radical (unpaired) electrons. The van der Waals surface area contributed by atoms with Gasteiger partial charge in [-0.05, 0) is 12.8 Å². The molecule has 0 atom stereocenters. The van der Waals surface area contributed by atoms with Crippen LogP contribution in [-0.2, 0) is 10.2 Å². The summed E-state index contributed by atoms with van der Waals surface area (Å²) in [6, 6.07) is -0.249. The molecule has 1 heterocycles. The maximum atomic E-state index is 10.7. The van der Waals surface area contributed by atoms with E-state index >= 15 is 0 Å². The molecule has 0 unspecified atom stereocenters. The van der Waals surface area contributed by atoms with Crippen molar-refractivity contribution in [3.8, 4) is 0 Å². The Morgan fingerprint density at radius 1 is 1.43 bits per heavy atom. The number of nitrogens with zero attached hydrogens (tertiary/aromatic N) is 1. The zero-order valence-electron chi connectivity index (χ0n) is 7.51. The van der Waals surface area contributed by atoms with Crippen LogP contribution in [0.2, 0.25) is 0 Å². The van der Waals surface area contributed by atoms with Gasteiger partial charge in [0.2, 0.25) is 0 Å². The molecule has 1 fully saturated rings. The van der Waals surface area contributed by atoms with Crippen molar-refractivity contribution in [1.82, 2.24) is 9.62 Å². The Balaban J connectivity index is 2.40. The molecule has 4 N–H and O–H groups in total. The molecule has 82 valence electrons. The van der Waals surface area contributed by atoms with E-state index in [-0.39, 0.29) is 6.04 Å². The quantitative estimate of drug-likeness (QED) is 0.552. The normalized spacial score (nSPS) is 19.6. The predicted octanol–water partition coefficient (Wildman–Crippen LogP) is -1.08. The lowest BCUT2D eigenvalue weighted by atomic mass is 10.1. The SMILES string of the molecule is NS(=O)(=O)NC1CCN(C(=O)O)CC1. The summed E-state index contributed by atoms with van der Waals surface area (Å²) >= 11 is 0. The van der Waals surface area contributed by atoms with Crippen LogP contribution in [0, 0.1) is 0 Å². The molecule has 1 amide bonds. The Labute approximate surface area is 82.1 Å². The first-order valence-electron chi connectivity index (χ1n) is 4.16. The summed E-state index contributed by atoms with van der Waals surface area (Å²) < 4.78 is 23.6. The van der Waals surface area contributed by atoms with Crippen molar-refractivity contribution in [2.75, 3.05) is 13.1 Å². The van der Waals surface area contributed by atoms with Crippen molar-refractivity contribution >= 4 is 16.3 Å². The highest BCUT2D eigenvalue weighted by Crippen LogP contribution is 2.10. The third-order valence-corrected chi connectivity index (χ3v) is 2.76. The fourth-order valence-electron chi connectivity index (χ4n) is 1.42. The summed E-state index contributed by atoms with van der Waals surface area (Å²) in [5.74, 6) is 0. The molecule has 0 aliphatic carbocycles. The second-order valence-electron chi connectivity index (χ2n) is 3.21. The second kappa shape index (κ2) is 4.11. The van der Waals surface area contributed by atoms with Crippen LogP contribution in [0.15, 0.2) is 0 Å². The van der Waals surface area contributed by atoms with Gasteiger partial charge < -0.3 is 10.0 Å². The molecule has 0 spiro atoms. The molecular formula is C6H13N3O4S. The van der Waals surface area contributed by atoms with E-state index in [2.05, 4.69) is 4.72 Å². The van der Waals surface area contributed by atoms with Gasteiger partial charge in [0.05, 0.1) is 0 Å². The number of nitrogens with one attached hydrogen (secondary N) is 1. The molecule has 1 aliphatic heterocycles. The zero-order chi connectivity index (χ0) is 10.8. The lowest BCUT2D eigenvalue weighted by Gasteiger charge is -2.29. The van der Waals surface area contributed by atoms with Crippen LogP contribution >= 0.6 is 0 Å². The van der Waals surface area contributed by atoms with E-state index in [1.54, 1.807) is 0 Å². The van der Waals surface area contributed by atoms with E-state index < -0.39 is 16.3 Å². The lowest BCUT2D eigenvalue weighted by Crippen LogP contribution is -2.47. The Bertz CT molecular complexity index is 307. The van der Waals surface area contributed by atoms with Crippen LogP contribution in [0.1, 0.15) is 12.8 Å². The number of hydrogen-bond donors (Lipinski definition) is 3. The van der Waals surface area contributed by atoms with Gasteiger partial charge in [-0.2, -0.15) is 13.1 Å². The van der Waals surface area contributed by atoms with E-state index in [4.69, 9.17) is 10.2 Å². The maximum absolute atomic E-state index is 10.7. The van der Waals surface area contributed by atoms with Gasteiger partial charge in [0.15, 0.2) is 0 Å². The number of piperidine rings is 1. The fourth-order valence-corrected chi connectivity index (χ4v) is 2.12. The first-order chi connectivity index (χ1) is 6.38. The number of carbonyl (C=O) groups is 1. The summed E-state index contributed by atoms with van der Waals surface area (Å²) in [5, 5.41) is 13.4. The minimum atomic E-state index is -3.68. The van der Waals surface area contributed by atoms with Crippen molar-refractivity contribution in [3.05, 3.63) is 0 Å². The molecule has 14 heavy (non-hydrogen) atoms. The lowest BCUT2D eigenvalue weighted by molar-refractivity contribution is 0.131. The van der Waals surface area contributed by atoms with Gasteiger partial charge >= 0.3 is 6.09 Å². The van der Waals surface area contributed by atoms with Crippen molar-refractivity contribution in [1.29, 1.82) is 0 Å². The highest BCUT2D eigenvalue weighted by Gasteiger charge is 2.23. The summed E-state index contributed by atoms with van der Waals surface area (Å²) in [6.07, 6.45) is -0.0510. The number of hydrogen-bond acceptors (Lipinski definition) is 3. The summed E-state index contributed by atoms with van der Waals surface area (Å²) in [7, 11) is -3.68. The average molecular weight is 223 g/mol. The van der Waals surface area contributed by atoms with Crippen LogP contribution < -0.4 is 9.86 Å². The van der Waals surface area contributed by atoms with Gasteiger partial charge in [0.25, 0.3) is 10.2 Å². The largest absolute Gasteiger partial charge is 0.465 e. The molecule has 1 aliphatic rings. The van der Waals surface area contributed by atoms with E-state index in [9.17, 15) is 13.2 Å². The third kappa shape index (κ3) is 3.48. The first-order valence-corrected chi connectivity index (χ1v) is 5.71. The molecule has 1 rings (SSSR count). The standard InChI is InChI=1S/C6H13N3O4S/c7-14(12,13)8-5-1-3-9(4-2-5)6(10)11/h5,8H,1-4H2,(H,10,11)(H2,7,12,13). The van der Waals surface area contributed by atoms with E-state index in [0.29, 0.717) is 25.9 Å². The van der Waals surface area contributed by atoms with Crippen LogP contribution in [-0.4, -0.2) is 43.6 Å². The zero-order valence-corrected chi connectivity index (χ0v) is 8.33. The van der Waals surface area contributed by atoms with Crippen LogP contribution in [0.4, 0.5) is 4.79 Å². The molecule has 0 saturated carbocycles. The van der Waals surface area contributed by atoms with Crippen molar-refractivity contribution < 1.29 is 18.3 Å². The Hall–Kier alpha value is -0.860. The topological polar surface area (TPSA) is 113 Å². The number of likely N-dealkylation sites (tertiary alicyclic amines) is 1. The fraction of sp³-hybridized carbons (Fsp3) is 0.833.